The molecule has 1 unspecified atom stereocenters. The molecule has 0 fully saturated rings. The van der Waals surface area contributed by atoms with Crippen molar-refractivity contribution < 1.29 is 4.74 Å². The lowest BCUT2D eigenvalue weighted by atomic mass is 9.86. The Bertz CT molecular complexity index is 208. The first kappa shape index (κ1) is 19.9. The van der Waals surface area contributed by atoms with Crippen LogP contribution in [0.4, 0.5) is 0 Å². The van der Waals surface area contributed by atoms with Crippen LogP contribution in [0.25, 0.3) is 0 Å². The first-order valence-electron chi connectivity index (χ1n) is 8.97. The van der Waals surface area contributed by atoms with Crippen LogP contribution in [0.2, 0.25) is 0 Å². The zero-order valence-corrected chi connectivity index (χ0v) is 14.8. The molecule has 0 aliphatic rings. The van der Waals surface area contributed by atoms with Gasteiger partial charge < -0.3 is 4.74 Å². The second-order valence-corrected chi connectivity index (χ2v) is 6.19. The molecule has 0 aromatic rings. The number of nitrogens with zero attached hydrogens (tertiary/aromatic N) is 1. The van der Waals surface area contributed by atoms with E-state index in [0.717, 1.165) is 26.3 Å². The summed E-state index contributed by atoms with van der Waals surface area (Å²) in [5, 5.41) is 0. The van der Waals surface area contributed by atoms with Crippen molar-refractivity contribution in [1.82, 2.24) is 4.90 Å². The van der Waals surface area contributed by atoms with Gasteiger partial charge in [0.25, 0.3) is 0 Å². The maximum atomic E-state index is 5.57. The van der Waals surface area contributed by atoms with Gasteiger partial charge in [-0.3, -0.25) is 4.90 Å². The van der Waals surface area contributed by atoms with E-state index in [2.05, 4.69) is 39.5 Å². The minimum atomic E-state index is 0.371. The van der Waals surface area contributed by atoms with E-state index in [-0.39, 0.29) is 0 Å². The average Bonchev–Trinajstić information content (AvgIpc) is 2.46. The summed E-state index contributed by atoms with van der Waals surface area (Å²) in [6.07, 6.45) is 10.8. The largest absolute Gasteiger partial charge is 0.380 e. The highest BCUT2D eigenvalue weighted by molar-refractivity contribution is 4.85. The summed E-state index contributed by atoms with van der Waals surface area (Å²) in [4.78, 5) is 2.66. The number of rotatable bonds is 14. The summed E-state index contributed by atoms with van der Waals surface area (Å²) in [5.41, 5.74) is 0.371. The lowest BCUT2D eigenvalue weighted by Gasteiger charge is -2.41. The Morgan fingerprint density at radius 1 is 0.850 bits per heavy atom. The van der Waals surface area contributed by atoms with Gasteiger partial charge in [0.15, 0.2) is 0 Å². The van der Waals surface area contributed by atoms with Gasteiger partial charge in [0, 0.05) is 18.7 Å². The molecule has 0 bridgehead atoms. The third-order valence-corrected chi connectivity index (χ3v) is 4.49. The fourth-order valence-electron chi connectivity index (χ4n) is 3.06. The molecule has 20 heavy (non-hydrogen) atoms. The van der Waals surface area contributed by atoms with E-state index < -0.39 is 0 Å². The van der Waals surface area contributed by atoms with E-state index in [9.17, 15) is 0 Å². The van der Waals surface area contributed by atoms with Gasteiger partial charge in [-0.15, -0.1) is 0 Å². The van der Waals surface area contributed by atoms with Crippen LogP contribution < -0.4 is 0 Å². The van der Waals surface area contributed by atoms with Crippen LogP contribution in [0.3, 0.4) is 0 Å². The molecule has 0 saturated carbocycles. The fourth-order valence-corrected chi connectivity index (χ4v) is 3.06. The highest BCUT2D eigenvalue weighted by Crippen LogP contribution is 2.28. The van der Waals surface area contributed by atoms with Crippen LogP contribution in [0.5, 0.6) is 0 Å². The fraction of sp³-hybridized carbons (Fsp3) is 1.00. The quantitative estimate of drug-likeness (QED) is 0.403. The zero-order valence-electron chi connectivity index (χ0n) is 14.8. The lowest BCUT2D eigenvalue weighted by molar-refractivity contribution is 0.0443. The normalized spacial score (nSPS) is 14.7. The molecule has 0 spiro atoms. The molecule has 0 N–H and O–H groups in total. The Morgan fingerprint density at radius 3 is 2.05 bits per heavy atom. The summed E-state index contributed by atoms with van der Waals surface area (Å²) in [7, 11) is 0. The highest BCUT2D eigenvalue weighted by atomic mass is 16.5. The van der Waals surface area contributed by atoms with Crippen LogP contribution in [-0.4, -0.2) is 36.7 Å². The summed E-state index contributed by atoms with van der Waals surface area (Å²) in [5.74, 6) is 0. The topological polar surface area (TPSA) is 12.5 Å². The Hall–Kier alpha value is -0.0800. The molecule has 0 rings (SSSR count). The van der Waals surface area contributed by atoms with Crippen molar-refractivity contribution in [3.05, 3.63) is 0 Å². The molecule has 0 saturated heterocycles. The molecule has 2 heteroatoms. The van der Waals surface area contributed by atoms with Gasteiger partial charge in [0.2, 0.25) is 0 Å². The van der Waals surface area contributed by atoms with Crippen LogP contribution >= 0.6 is 0 Å². The second-order valence-electron chi connectivity index (χ2n) is 6.19. The molecule has 0 radical (unpaired) electrons. The lowest BCUT2D eigenvalue weighted by Crippen LogP contribution is -2.47. The number of hydrogen-bond acceptors (Lipinski definition) is 2. The third-order valence-electron chi connectivity index (χ3n) is 4.49. The van der Waals surface area contributed by atoms with Crippen molar-refractivity contribution in [2.45, 2.75) is 91.5 Å². The smallest absolute Gasteiger partial charge is 0.0593 e. The summed E-state index contributed by atoms with van der Waals surface area (Å²) in [6.45, 7) is 15.4. The van der Waals surface area contributed by atoms with E-state index in [1.165, 1.54) is 51.4 Å². The van der Waals surface area contributed by atoms with Gasteiger partial charge in [0.05, 0.1) is 6.61 Å². The van der Waals surface area contributed by atoms with Crippen LogP contribution in [-0.2, 0) is 4.74 Å². The molecule has 0 amide bonds. The highest BCUT2D eigenvalue weighted by Gasteiger charge is 2.29. The van der Waals surface area contributed by atoms with Crippen molar-refractivity contribution in [2.75, 3.05) is 26.3 Å². The SMILES string of the molecule is CCCCCCC(C)(CCCC)N(CC)CCOCC. The molecule has 2 nitrogen and oxygen atoms in total. The van der Waals surface area contributed by atoms with Crippen LogP contribution in [0.15, 0.2) is 0 Å². The Kier molecular flexibility index (Phi) is 12.6. The molecular formula is C18H39NO. The van der Waals surface area contributed by atoms with Crippen LogP contribution in [0.1, 0.15) is 86.0 Å². The predicted octanol–water partition coefficient (Wildman–Crippen LogP) is 5.26. The first-order chi connectivity index (χ1) is 9.64. The zero-order chi connectivity index (χ0) is 15.3. The van der Waals surface area contributed by atoms with E-state index in [4.69, 9.17) is 4.74 Å². The summed E-state index contributed by atoms with van der Waals surface area (Å²) >= 11 is 0. The van der Waals surface area contributed by atoms with Crippen molar-refractivity contribution >= 4 is 0 Å². The molecule has 0 aliphatic heterocycles. The average molecular weight is 286 g/mol. The van der Waals surface area contributed by atoms with Gasteiger partial charge in [0.1, 0.15) is 0 Å². The van der Waals surface area contributed by atoms with E-state index >= 15 is 0 Å². The van der Waals surface area contributed by atoms with E-state index in [1.807, 2.05) is 0 Å². The van der Waals surface area contributed by atoms with Crippen molar-refractivity contribution in [1.29, 1.82) is 0 Å². The number of hydrogen-bond donors (Lipinski definition) is 0. The second kappa shape index (κ2) is 12.6. The maximum absolute atomic E-state index is 5.57. The number of likely N-dealkylation sites (N-methyl/N-ethyl adjacent to an activating group) is 1. The standard InChI is InChI=1S/C18H39NO/c1-6-10-12-13-15-18(5,14-11-7-2)19(8-3)16-17-20-9-4/h6-17H2,1-5H3. The summed E-state index contributed by atoms with van der Waals surface area (Å²) < 4.78 is 5.57. The molecule has 0 aromatic carbocycles. The predicted molar refractivity (Wildman–Crippen MR) is 90.4 cm³/mol. The molecule has 0 aliphatic carbocycles. The molecule has 1 atom stereocenters. The minimum absolute atomic E-state index is 0.371. The Labute approximate surface area is 128 Å². The Balaban J connectivity index is 4.43. The molecule has 122 valence electrons. The van der Waals surface area contributed by atoms with Crippen LogP contribution in [0, 0.1) is 0 Å². The van der Waals surface area contributed by atoms with Crippen molar-refractivity contribution in [2.24, 2.45) is 0 Å². The van der Waals surface area contributed by atoms with Gasteiger partial charge in [-0.2, -0.15) is 0 Å². The van der Waals surface area contributed by atoms with Gasteiger partial charge in [-0.1, -0.05) is 59.3 Å². The monoisotopic (exact) mass is 285 g/mol. The molecule has 0 aromatic heterocycles. The van der Waals surface area contributed by atoms with Gasteiger partial charge in [-0.25, -0.2) is 0 Å². The van der Waals surface area contributed by atoms with Gasteiger partial charge >= 0.3 is 0 Å². The molecule has 0 heterocycles. The van der Waals surface area contributed by atoms with Crippen molar-refractivity contribution in [3.8, 4) is 0 Å². The number of unbranched alkanes of at least 4 members (excludes halogenated alkanes) is 4. The molecular weight excluding hydrogens is 246 g/mol. The van der Waals surface area contributed by atoms with E-state index in [0.29, 0.717) is 5.54 Å². The minimum Gasteiger partial charge on any atom is -0.380 e. The Morgan fingerprint density at radius 2 is 1.50 bits per heavy atom. The number of ether oxygens (including phenoxy) is 1. The maximum Gasteiger partial charge on any atom is 0.0593 e. The summed E-state index contributed by atoms with van der Waals surface area (Å²) in [6, 6.07) is 0. The van der Waals surface area contributed by atoms with E-state index in [1.54, 1.807) is 0 Å². The van der Waals surface area contributed by atoms with Crippen molar-refractivity contribution in [3.63, 3.8) is 0 Å². The third kappa shape index (κ3) is 8.26. The first-order valence-corrected chi connectivity index (χ1v) is 8.97. The van der Waals surface area contributed by atoms with Gasteiger partial charge in [-0.05, 0) is 33.2 Å².